The van der Waals surface area contributed by atoms with E-state index in [0.29, 0.717) is 19.3 Å². The molecule has 6 nitrogen and oxygen atoms in total. The molecule has 0 fully saturated rings. The Labute approximate surface area is 399 Å². The Kier molecular flexibility index (Phi) is 49.6. The molecule has 2 atom stereocenters. The molecule has 380 valence electrons. The van der Waals surface area contributed by atoms with Crippen LogP contribution in [0, 0.1) is 11.8 Å². The zero-order valence-corrected chi connectivity index (χ0v) is 43.9. The number of carbonyl (C=O) groups is 3. The van der Waals surface area contributed by atoms with Gasteiger partial charge in [0.1, 0.15) is 13.2 Å². The number of hydrogen-bond donors (Lipinski definition) is 0. The van der Waals surface area contributed by atoms with Crippen LogP contribution in [-0.4, -0.2) is 37.2 Å². The lowest BCUT2D eigenvalue weighted by Gasteiger charge is -2.18. The number of unbranched alkanes of at least 4 members (excludes halogenated alkanes) is 36. The van der Waals surface area contributed by atoms with Gasteiger partial charge in [-0.2, -0.15) is 0 Å². The molecule has 0 aromatic heterocycles. The van der Waals surface area contributed by atoms with Crippen LogP contribution in [0.4, 0.5) is 0 Å². The molecular weight excluding hydrogens is 793 g/mol. The Morgan fingerprint density at radius 2 is 0.594 bits per heavy atom. The van der Waals surface area contributed by atoms with E-state index in [1.807, 2.05) is 0 Å². The van der Waals surface area contributed by atoms with Crippen LogP contribution in [-0.2, 0) is 28.6 Å². The molecule has 0 aliphatic rings. The summed E-state index contributed by atoms with van der Waals surface area (Å²) in [4.78, 5) is 38.0. The fourth-order valence-electron chi connectivity index (χ4n) is 8.84. The predicted molar refractivity (Wildman–Crippen MR) is 275 cm³/mol. The van der Waals surface area contributed by atoms with Gasteiger partial charge in [-0.3, -0.25) is 14.4 Å². The first-order valence-corrected chi connectivity index (χ1v) is 28.8. The third-order valence-corrected chi connectivity index (χ3v) is 13.6. The van der Waals surface area contributed by atoms with E-state index >= 15 is 0 Å². The molecule has 0 saturated carbocycles. The van der Waals surface area contributed by atoms with Crippen molar-refractivity contribution in [2.24, 2.45) is 11.8 Å². The normalized spacial score (nSPS) is 12.5. The van der Waals surface area contributed by atoms with E-state index in [1.54, 1.807) is 0 Å². The molecule has 0 bridgehead atoms. The van der Waals surface area contributed by atoms with Crippen molar-refractivity contribution in [3.63, 3.8) is 0 Å². The fraction of sp³-hybridized carbons (Fsp3) is 0.948. The minimum absolute atomic E-state index is 0.0631. The van der Waals surface area contributed by atoms with Crippen molar-refractivity contribution in [2.45, 2.75) is 330 Å². The van der Waals surface area contributed by atoms with Crippen LogP contribution in [0.1, 0.15) is 324 Å². The van der Waals surface area contributed by atoms with Crippen LogP contribution in [0.3, 0.4) is 0 Å². The zero-order valence-electron chi connectivity index (χ0n) is 43.9. The second kappa shape index (κ2) is 50.8. The summed E-state index contributed by atoms with van der Waals surface area (Å²) in [6.07, 6.45) is 53.8. The first kappa shape index (κ1) is 62.4. The van der Waals surface area contributed by atoms with Gasteiger partial charge in [0.15, 0.2) is 6.10 Å². The summed E-state index contributed by atoms with van der Waals surface area (Å²) in [5.41, 5.74) is 0. The highest BCUT2D eigenvalue weighted by molar-refractivity contribution is 5.71. The zero-order chi connectivity index (χ0) is 46.8. The van der Waals surface area contributed by atoms with Crippen molar-refractivity contribution < 1.29 is 28.6 Å². The standard InChI is InChI=1S/C58H112O6/c1-6-8-9-10-11-12-13-23-28-33-38-43-48-56(59)62-51-55(64-58(61)50-45-40-35-30-25-26-31-36-41-46-53(3)4)52-63-57(60)49-44-39-34-29-24-21-19-17-15-14-16-18-20-22-27-32-37-42-47-54(5)7-2/h53-55H,6-52H2,1-5H3/t54?,55-/m0/s1. The van der Waals surface area contributed by atoms with Gasteiger partial charge >= 0.3 is 17.9 Å². The van der Waals surface area contributed by atoms with E-state index in [0.717, 1.165) is 69.6 Å². The second-order valence-electron chi connectivity index (χ2n) is 20.6. The highest BCUT2D eigenvalue weighted by Crippen LogP contribution is 2.18. The minimum atomic E-state index is -0.762. The lowest BCUT2D eigenvalue weighted by atomic mass is 9.99. The van der Waals surface area contributed by atoms with Gasteiger partial charge in [-0.1, -0.05) is 285 Å². The van der Waals surface area contributed by atoms with Crippen LogP contribution in [0.2, 0.25) is 0 Å². The summed E-state index contributed by atoms with van der Waals surface area (Å²) < 4.78 is 16.9. The molecule has 0 spiro atoms. The number of esters is 3. The maximum absolute atomic E-state index is 12.8. The molecule has 0 N–H and O–H groups in total. The van der Waals surface area contributed by atoms with Gasteiger partial charge in [0.25, 0.3) is 0 Å². The van der Waals surface area contributed by atoms with Crippen LogP contribution in [0.15, 0.2) is 0 Å². The third kappa shape index (κ3) is 49.8. The molecule has 0 aliphatic heterocycles. The van der Waals surface area contributed by atoms with Crippen molar-refractivity contribution in [1.82, 2.24) is 0 Å². The number of hydrogen-bond acceptors (Lipinski definition) is 6. The molecule has 0 amide bonds. The molecule has 0 aliphatic carbocycles. The summed E-state index contributed by atoms with van der Waals surface area (Å²) in [6.45, 7) is 11.4. The topological polar surface area (TPSA) is 78.9 Å². The van der Waals surface area contributed by atoms with Gasteiger partial charge in [0.2, 0.25) is 0 Å². The molecule has 6 heteroatoms. The molecule has 1 unspecified atom stereocenters. The van der Waals surface area contributed by atoms with Crippen LogP contribution in [0.5, 0.6) is 0 Å². The van der Waals surface area contributed by atoms with E-state index in [-0.39, 0.29) is 31.1 Å². The maximum atomic E-state index is 12.8. The smallest absolute Gasteiger partial charge is 0.306 e. The van der Waals surface area contributed by atoms with Crippen LogP contribution < -0.4 is 0 Å². The summed E-state index contributed by atoms with van der Waals surface area (Å²) in [6, 6.07) is 0. The maximum Gasteiger partial charge on any atom is 0.306 e. The van der Waals surface area contributed by atoms with Crippen molar-refractivity contribution in [2.75, 3.05) is 13.2 Å². The Hall–Kier alpha value is -1.59. The molecule has 0 rings (SSSR count). The summed E-state index contributed by atoms with van der Waals surface area (Å²) in [7, 11) is 0. The molecular formula is C58H112O6. The van der Waals surface area contributed by atoms with Gasteiger partial charge in [0.05, 0.1) is 0 Å². The van der Waals surface area contributed by atoms with E-state index in [1.165, 1.54) is 212 Å². The van der Waals surface area contributed by atoms with Gasteiger partial charge in [-0.25, -0.2) is 0 Å². The van der Waals surface area contributed by atoms with Gasteiger partial charge in [-0.15, -0.1) is 0 Å². The molecule has 0 heterocycles. The highest BCUT2D eigenvalue weighted by Gasteiger charge is 2.19. The number of rotatable bonds is 52. The Morgan fingerprint density at radius 3 is 0.891 bits per heavy atom. The number of ether oxygens (including phenoxy) is 3. The second-order valence-corrected chi connectivity index (χ2v) is 20.6. The molecule has 0 radical (unpaired) electrons. The molecule has 0 saturated heterocycles. The fourth-order valence-corrected chi connectivity index (χ4v) is 8.84. The predicted octanol–water partition coefficient (Wildman–Crippen LogP) is 18.9. The Balaban J connectivity index is 4.20. The van der Waals surface area contributed by atoms with Gasteiger partial charge in [-0.05, 0) is 31.1 Å². The first-order chi connectivity index (χ1) is 31.3. The highest BCUT2D eigenvalue weighted by atomic mass is 16.6. The SMILES string of the molecule is CCCCCCCCCCCCCCC(=O)OC[C@@H](COC(=O)CCCCCCCCCCCCCCCCCCCCC(C)CC)OC(=O)CCCCCCCCCCCC(C)C. The lowest BCUT2D eigenvalue weighted by Crippen LogP contribution is -2.30. The largest absolute Gasteiger partial charge is 0.462 e. The quantitative estimate of drug-likeness (QED) is 0.0344. The van der Waals surface area contributed by atoms with Gasteiger partial charge in [0, 0.05) is 19.3 Å². The monoisotopic (exact) mass is 905 g/mol. The van der Waals surface area contributed by atoms with Crippen molar-refractivity contribution >= 4 is 17.9 Å². The van der Waals surface area contributed by atoms with E-state index in [2.05, 4.69) is 34.6 Å². The van der Waals surface area contributed by atoms with E-state index in [9.17, 15) is 14.4 Å². The minimum Gasteiger partial charge on any atom is -0.462 e. The summed E-state index contributed by atoms with van der Waals surface area (Å²) in [5.74, 6) is 0.873. The van der Waals surface area contributed by atoms with E-state index < -0.39 is 6.10 Å². The van der Waals surface area contributed by atoms with Crippen molar-refractivity contribution in [3.8, 4) is 0 Å². The average Bonchev–Trinajstić information content (AvgIpc) is 3.28. The summed E-state index contributed by atoms with van der Waals surface area (Å²) >= 11 is 0. The van der Waals surface area contributed by atoms with Crippen molar-refractivity contribution in [1.29, 1.82) is 0 Å². The third-order valence-electron chi connectivity index (χ3n) is 13.6. The lowest BCUT2D eigenvalue weighted by molar-refractivity contribution is -0.167. The summed E-state index contributed by atoms with van der Waals surface area (Å²) in [5, 5.41) is 0. The van der Waals surface area contributed by atoms with Crippen LogP contribution in [0.25, 0.3) is 0 Å². The molecule has 0 aromatic rings. The Bertz CT molecular complexity index is 980. The van der Waals surface area contributed by atoms with Crippen molar-refractivity contribution in [3.05, 3.63) is 0 Å². The number of carbonyl (C=O) groups excluding carboxylic acids is 3. The Morgan fingerprint density at radius 1 is 0.328 bits per heavy atom. The molecule has 64 heavy (non-hydrogen) atoms. The average molecular weight is 906 g/mol. The van der Waals surface area contributed by atoms with E-state index in [4.69, 9.17) is 14.2 Å². The first-order valence-electron chi connectivity index (χ1n) is 28.8. The van der Waals surface area contributed by atoms with Gasteiger partial charge < -0.3 is 14.2 Å². The van der Waals surface area contributed by atoms with Crippen LogP contribution >= 0.6 is 0 Å². The molecule has 0 aromatic carbocycles.